The highest BCUT2D eigenvalue weighted by molar-refractivity contribution is 9.10. The predicted molar refractivity (Wildman–Crippen MR) is 85.8 cm³/mol. The Kier molecular flexibility index (Phi) is 5.47. The number of nitrogens with two attached hydrogens (primary N) is 1. The number of benzene rings is 1. The lowest BCUT2D eigenvalue weighted by atomic mass is 9.85. The summed E-state index contributed by atoms with van der Waals surface area (Å²) in [6.07, 6.45) is 3.65. The molecule has 1 amide bonds. The Balaban J connectivity index is 2.13. The molecule has 2 atom stereocenters. The first-order valence-electron chi connectivity index (χ1n) is 7.03. The minimum atomic E-state index is -0.0197. The molecular formula is C15H21BrN2O3. The second-order valence-corrected chi connectivity index (χ2v) is 6.15. The third-order valence-corrected chi connectivity index (χ3v) is 4.47. The largest absolute Gasteiger partial charge is 0.493 e. The molecule has 1 aliphatic carbocycles. The average Bonchev–Trinajstić information content (AvgIpc) is 2.48. The first kappa shape index (κ1) is 16.1. The molecule has 0 aromatic heterocycles. The maximum Gasteiger partial charge on any atom is 0.227 e. The van der Waals surface area contributed by atoms with E-state index in [9.17, 15) is 4.79 Å². The number of nitrogens with one attached hydrogen (secondary N) is 1. The second kappa shape index (κ2) is 7.13. The average molecular weight is 357 g/mol. The molecule has 2 rings (SSSR count). The van der Waals surface area contributed by atoms with E-state index in [1.165, 1.54) is 0 Å². The first-order chi connectivity index (χ1) is 10.0. The molecule has 2 unspecified atom stereocenters. The molecule has 21 heavy (non-hydrogen) atoms. The quantitative estimate of drug-likeness (QED) is 0.869. The van der Waals surface area contributed by atoms with E-state index in [0.717, 1.165) is 30.2 Å². The molecule has 3 N–H and O–H groups in total. The molecule has 5 nitrogen and oxygen atoms in total. The molecule has 0 aliphatic heterocycles. The van der Waals surface area contributed by atoms with Gasteiger partial charge in [-0.3, -0.25) is 4.79 Å². The number of ether oxygens (including phenoxy) is 2. The number of carbonyl (C=O) groups excluding carboxylic acids is 1. The summed E-state index contributed by atoms with van der Waals surface area (Å²) in [7, 11) is 3.14. The van der Waals surface area contributed by atoms with Crippen LogP contribution in [0.4, 0.5) is 5.69 Å². The molecule has 1 aromatic rings. The number of amides is 1. The zero-order valence-corrected chi connectivity index (χ0v) is 13.9. The van der Waals surface area contributed by atoms with Crippen molar-refractivity contribution in [2.24, 2.45) is 11.7 Å². The van der Waals surface area contributed by atoms with Crippen LogP contribution in [-0.2, 0) is 4.79 Å². The number of carbonyl (C=O) groups is 1. The topological polar surface area (TPSA) is 73.6 Å². The molecule has 1 aliphatic rings. The summed E-state index contributed by atoms with van der Waals surface area (Å²) in [5, 5.41) is 2.95. The van der Waals surface area contributed by atoms with E-state index < -0.39 is 0 Å². The summed E-state index contributed by atoms with van der Waals surface area (Å²) in [6, 6.07) is 3.66. The zero-order chi connectivity index (χ0) is 15.4. The van der Waals surface area contributed by atoms with Crippen molar-refractivity contribution in [3.63, 3.8) is 0 Å². The van der Waals surface area contributed by atoms with Gasteiger partial charge >= 0.3 is 0 Å². The monoisotopic (exact) mass is 356 g/mol. The molecular weight excluding hydrogens is 336 g/mol. The Morgan fingerprint density at radius 3 is 2.57 bits per heavy atom. The maximum absolute atomic E-state index is 12.4. The van der Waals surface area contributed by atoms with Crippen LogP contribution >= 0.6 is 15.9 Å². The van der Waals surface area contributed by atoms with Crippen molar-refractivity contribution in [2.45, 2.75) is 31.7 Å². The Hall–Kier alpha value is -1.27. The number of halogens is 1. The van der Waals surface area contributed by atoms with Gasteiger partial charge in [-0.2, -0.15) is 0 Å². The Morgan fingerprint density at radius 2 is 1.95 bits per heavy atom. The van der Waals surface area contributed by atoms with E-state index in [2.05, 4.69) is 21.2 Å². The van der Waals surface area contributed by atoms with E-state index >= 15 is 0 Å². The lowest BCUT2D eigenvalue weighted by Crippen LogP contribution is -2.34. The van der Waals surface area contributed by atoms with Crippen molar-refractivity contribution in [2.75, 3.05) is 19.5 Å². The van der Waals surface area contributed by atoms with Crippen molar-refractivity contribution < 1.29 is 14.3 Å². The van der Waals surface area contributed by atoms with E-state index in [0.29, 0.717) is 17.2 Å². The fourth-order valence-corrected chi connectivity index (χ4v) is 3.07. The molecule has 0 bridgehead atoms. The molecule has 1 fully saturated rings. The number of hydrogen-bond donors (Lipinski definition) is 2. The summed E-state index contributed by atoms with van der Waals surface area (Å²) in [5.74, 6) is 1.19. The maximum atomic E-state index is 12.4. The van der Waals surface area contributed by atoms with Crippen molar-refractivity contribution in [3.8, 4) is 11.5 Å². The van der Waals surface area contributed by atoms with Crippen LogP contribution in [0.5, 0.6) is 11.5 Å². The fraction of sp³-hybridized carbons (Fsp3) is 0.533. The predicted octanol–water partition coefficient (Wildman–Crippen LogP) is 2.92. The molecule has 0 spiro atoms. The van der Waals surface area contributed by atoms with E-state index in [1.54, 1.807) is 26.4 Å². The highest BCUT2D eigenvalue weighted by Gasteiger charge is 2.26. The molecule has 116 valence electrons. The summed E-state index contributed by atoms with van der Waals surface area (Å²) in [4.78, 5) is 12.4. The van der Waals surface area contributed by atoms with Gasteiger partial charge in [0.05, 0.1) is 19.9 Å². The second-order valence-electron chi connectivity index (χ2n) is 5.30. The number of hydrogen-bond acceptors (Lipinski definition) is 4. The highest BCUT2D eigenvalue weighted by Crippen LogP contribution is 2.36. The smallest absolute Gasteiger partial charge is 0.227 e. The van der Waals surface area contributed by atoms with Crippen LogP contribution in [0.1, 0.15) is 25.7 Å². The van der Waals surface area contributed by atoms with Gasteiger partial charge in [-0.25, -0.2) is 0 Å². The van der Waals surface area contributed by atoms with Gasteiger partial charge in [0.1, 0.15) is 0 Å². The van der Waals surface area contributed by atoms with E-state index in [1.807, 2.05) is 0 Å². The lowest BCUT2D eigenvalue weighted by Gasteiger charge is -2.26. The van der Waals surface area contributed by atoms with Gasteiger partial charge in [0.2, 0.25) is 5.91 Å². The molecule has 0 heterocycles. The van der Waals surface area contributed by atoms with Crippen LogP contribution in [0.2, 0.25) is 0 Å². The van der Waals surface area contributed by atoms with Gasteiger partial charge < -0.3 is 20.5 Å². The summed E-state index contributed by atoms with van der Waals surface area (Å²) >= 11 is 3.44. The van der Waals surface area contributed by atoms with Crippen LogP contribution in [0.25, 0.3) is 0 Å². The van der Waals surface area contributed by atoms with Crippen LogP contribution in [0, 0.1) is 5.92 Å². The lowest BCUT2D eigenvalue weighted by molar-refractivity contribution is -0.120. The van der Waals surface area contributed by atoms with Gasteiger partial charge in [0.15, 0.2) is 11.5 Å². The third kappa shape index (κ3) is 3.89. The summed E-state index contributed by atoms with van der Waals surface area (Å²) in [5.41, 5.74) is 6.62. The molecule has 0 saturated heterocycles. The van der Waals surface area contributed by atoms with Crippen LogP contribution in [0.15, 0.2) is 16.6 Å². The molecule has 1 aromatic carbocycles. The van der Waals surface area contributed by atoms with Gasteiger partial charge in [-0.1, -0.05) is 6.42 Å². The standard InChI is InChI=1S/C15H21BrN2O3/c1-20-13-7-11(16)12(8-14(13)21-2)18-15(19)9-4-3-5-10(17)6-9/h7-10H,3-6,17H2,1-2H3,(H,18,19). The number of anilines is 1. The van der Waals surface area contributed by atoms with Gasteiger partial charge in [-0.15, -0.1) is 0 Å². The fourth-order valence-electron chi connectivity index (χ4n) is 2.65. The molecule has 6 heteroatoms. The Morgan fingerprint density at radius 1 is 1.29 bits per heavy atom. The van der Waals surface area contributed by atoms with Gasteiger partial charge in [-0.05, 0) is 35.2 Å². The van der Waals surface area contributed by atoms with Crippen molar-refractivity contribution in [1.82, 2.24) is 0 Å². The minimum Gasteiger partial charge on any atom is -0.493 e. The summed E-state index contributed by atoms with van der Waals surface area (Å²) < 4.78 is 11.2. The molecule has 1 saturated carbocycles. The van der Waals surface area contributed by atoms with Crippen molar-refractivity contribution in [3.05, 3.63) is 16.6 Å². The van der Waals surface area contributed by atoms with Crippen LogP contribution in [0.3, 0.4) is 0 Å². The normalized spacial score (nSPS) is 21.7. The van der Waals surface area contributed by atoms with E-state index in [-0.39, 0.29) is 17.9 Å². The Labute approximate surface area is 133 Å². The van der Waals surface area contributed by atoms with Gasteiger partial charge in [0.25, 0.3) is 0 Å². The molecule has 0 radical (unpaired) electrons. The zero-order valence-electron chi connectivity index (χ0n) is 12.3. The van der Waals surface area contributed by atoms with Crippen LogP contribution < -0.4 is 20.5 Å². The number of rotatable bonds is 4. The first-order valence-corrected chi connectivity index (χ1v) is 7.82. The van der Waals surface area contributed by atoms with Crippen LogP contribution in [-0.4, -0.2) is 26.2 Å². The van der Waals surface area contributed by atoms with Crippen molar-refractivity contribution in [1.29, 1.82) is 0 Å². The Bertz CT molecular complexity index is 522. The van der Waals surface area contributed by atoms with E-state index in [4.69, 9.17) is 15.2 Å². The third-order valence-electron chi connectivity index (χ3n) is 3.82. The number of methoxy groups -OCH3 is 2. The highest BCUT2D eigenvalue weighted by atomic mass is 79.9. The SMILES string of the molecule is COc1cc(Br)c(NC(=O)C2CCCC(N)C2)cc1OC. The summed E-state index contributed by atoms with van der Waals surface area (Å²) in [6.45, 7) is 0. The minimum absolute atomic E-state index is 0.0121. The van der Waals surface area contributed by atoms with Crippen molar-refractivity contribution >= 4 is 27.5 Å². The van der Waals surface area contributed by atoms with Gasteiger partial charge in [0, 0.05) is 28.6 Å².